The van der Waals surface area contributed by atoms with E-state index in [9.17, 15) is 0 Å². The van der Waals surface area contributed by atoms with E-state index in [1.165, 1.54) is 0 Å². The molecule has 0 aliphatic heterocycles. The van der Waals surface area contributed by atoms with Gasteiger partial charge in [0.2, 0.25) is 0 Å². The zero-order valence-corrected chi connectivity index (χ0v) is 14.6. The van der Waals surface area contributed by atoms with Crippen molar-refractivity contribution in [3.05, 3.63) is 0 Å². The Morgan fingerprint density at radius 2 is 0.778 bits per heavy atom. The molecule has 0 aromatic heterocycles. The van der Waals surface area contributed by atoms with E-state index in [-0.39, 0.29) is 0 Å². The predicted octanol–water partition coefficient (Wildman–Crippen LogP) is 3.51. The Balaban J connectivity index is 5.20. The molecule has 0 N–H and O–H groups in total. The van der Waals surface area contributed by atoms with Crippen molar-refractivity contribution in [3.8, 4) is 0 Å². The van der Waals surface area contributed by atoms with Crippen molar-refractivity contribution in [2.45, 2.75) is 79.1 Å². The van der Waals surface area contributed by atoms with Gasteiger partial charge in [-0.25, -0.2) is 0 Å². The molecule has 0 saturated carbocycles. The van der Waals surface area contributed by atoms with Gasteiger partial charge in [0.25, 0.3) is 0 Å². The Morgan fingerprint density at radius 1 is 0.556 bits per heavy atom. The van der Waals surface area contributed by atoms with Crippen LogP contribution in [0.4, 0.5) is 0 Å². The van der Waals surface area contributed by atoms with Gasteiger partial charge in [-0.2, -0.15) is 0 Å². The van der Waals surface area contributed by atoms with Crippen molar-refractivity contribution in [3.63, 3.8) is 0 Å². The monoisotopic (exact) mass is 278 g/mol. The summed E-state index contributed by atoms with van der Waals surface area (Å²) in [4.78, 5) is 0. The summed E-state index contributed by atoms with van der Waals surface area (Å²) in [7, 11) is -1.60. The molecular weight excluding hydrogens is 248 g/mol. The van der Waals surface area contributed by atoms with Gasteiger partial charge in [-0.15, -0.1) is 0 Å². The summed E-state index contributed by atoms with van der Waals surface area (Å²) in [6.45, 7) is 17.7. The van der Waals surface area contributed by atoms with E-state index in [4.69, 9.17) is 17.7 Å². The van der Waals surface area contributed by atoms with E-state index in [0.717, 1.165) is 0 Å². The van der Waals surface area contributed by atoms with Crippen LogP contribution < -0.4 is 0 Å². The first kappa shape index (κ1) is 18.1. The maximum Gasteiger partial charge on any atom is 0.680 e. The van der Waals surface area contributed by atoms with Crippen LogP contribution in [0.15, 0.2) is 0 Å². The number of hydrogen-bond donors (Lipinski definition) is 0. The highest BCUT2D eigenvalue weighted by Gasteiger charge is 2.53. The van der Waals surface area contributed by atoms with Crippen LogP contribution in [0, 0.1) is 0 Å². The quantitative estimate of drug-likeness (QED) is 0.737. The Morgan fingerprint density at radius 3 is 0.889 bits per heavy atom. The van der Waals surface area contributed by atoms with Crippen molar-refractivity contribution in [1.29, 1.82) is 0 Å². The molecule has 0 bridgehead atoms. The van der Waals surface area contributed by atoms with Crippen LogP contribution in [0.5, 0.6) is 0 Å². The Hall–Kier alpha value is 0.0569. The summed E-state index contributed by atoms with van der Waals surface area (Å²) in [5, 5.41) is 0. The minimum Gasteiger partial charge on any atom is -0.355 e. The van der Waals surface area contributed by atoms with Crippen molar-refractivity contribution in [2.24, 2.45) is 0 Å². The summed E-state index contributed by atoms with van der Waals surface area (Å²) in [5.74, 6) is 0. The minimum absolute atomic E-state index is 0.390. The molecule has 0 radical (unpaired) electrons. The zero-order chi connectivity index (χ0) is 14.8. The second-order valence-electron chi connectivity index (χ2n) is 7.35. The van der Waals surface area contributed by atoms with E-state index in [1.54, 1.807) is 7.11 Å². The molecule has 0 atom stereocenters. The standard InChI is InChI=1S/C13H30O4Si/c1-11(2,3)15-18(14-10,16-12(4,5)6)17-13(7,8)9/h1-10H3. The van der Waals surface area contributed by atoms with E-state index >= 15 is 0 Å². The molecule has 0 amide bonds. The minimum atomic E-state index is -3.18. The zero-order valence-electron chi connectivity index (χ0n) is 13.6. The molecule has 0 aliphatic carbocycles. The molecule has 0 aromatic rings. The first-order valence-electron chi connectivity index (χ1n) is 6.34. The summed E-state index contributed by atoms with van der Waals surface area (Å²) in [6, 6.07) is 0. The van der Waals surface area contributed by atoms with Crippen LogP contribution in [0.25, 0.3) is 0 Å². The topological polar surface area (TPSA) is 36.9 Å². The van der Waals surface area contributed by atoms with Gasteiger partial charge in [-0.05, 0) is 62.3 Å². The van der Waals surface area contributed by atoms with Crippen molar-refractivity contribution in [2.75, 3.05) is 7.11 Å². The first-order chi connectivity index (χ1) is 7.68. The molecule has 0 unspecified atom stereocenters. The summed E-state index contributed by atoms with van der Waals surface area (Å²) >= 11 is 0. The van der Waals surface area contributed by atoms with E-state index in [2.05, 4.69) is 0 Å². The Bertz CT molecular complexity index is 217. The molecule has 18 heavy (non-hydrogen) atoms. The second-order valence-corrected chi connectivity index (χ2v) is 9.37. The van der Waals surface area contributed by atoms with Gasteiger partial charge >= 0.3 is 9.05 Å². The van der Waals surface area contributed by atoms with Crippen molar-refractivity contribution < 1.29 is 17.7 Å². The number of hydrogen-bond acceptors (Lipinski definition) is 4. The highest BCUT2D eigenvalue weighted by atomic mass is 28.4. The third-order valence-corrected chi connectivity index (χ3v) is 4.63. The van der Waals surface area contributed by atoms with E-state index in [0.29, 0.717) is 0 Å². The third-order valence-electron chi connectivity index (χ3n) is 1.54. The average molecular weight is 278 g/mol. The van der Waals surface area contributed by atoms with Crippen LogP contribution in [-0.2, 0) is 17.7 Å². The fourth-order valence-electron chi connectivity index (χ4n) is 1.31. The third kappa shape index (κ3) is 8.21. The molecular formula is C13H30O4Si. The van der Waals surface area contributed by atoms with Gasteiger partial charge in [-0.1, -0.05) is 0 Å². The lowest BCUT2D eigenvalue weighted by molar-refractivity contribution is -0.127. The predicted molar refractivity (Wildman–Crippen MR) is 75.3 cm³/mol. The normalized spacial score (nSPS) is 15.0. The highest BCUT2D eigenvalue weighted by Crippen LogP contribution is 2.28. The van der Waals surface area contributed by atoms with Crippen LogP contribution in [0.2, 0.25) is 0 Å². The van der Waals surface area contributed by atoms with Gasteiger partial charge in [0.1, 0.15) is 0 Å². The maximum atomic E-state index is 6.00. The molecule has 4 nitrogen and oxygen atoms in total. The van der Waals surface area contributed by atoms with Crippen LogP contribution in [0.1, 0.15) is 62.3 Å². The fourth-order valence-corrected chi connectivity index (χ4v) is 3.94. The van der Waals surface area contributed by atoms with Crippen molar-refractivity contribution >= 4 is 9.05 Å². The molecule has 110 valence electrons. The first-order valence-corrected chi connectivity index (χ1v) is 7.97. The summed E-state index contributed by atoms with van der Waals surface area (Å²) in [5.41, 5.74) is -1.17. The lowest BCUT2D eigenvalue weighted by Crippen LogP contribution is -2.58. The maximum absolute atomic E-state index is 6.00. The molecule has 0 aromatic carbocycles. The van der Waals surface area contributed by atoms with Gasteiger partial charge in [0, 0.05) is 7.11 Å². The van der Waals surface area contributed by atoms with Gasteiger partial charge in [0.05, 0.1) is 16.8 Å². The largest absolute Gasteiger partial charge is 0.680 e. The summed E-state index contributed by atoms with van der Waals surface area (Å²) in [6.07, 6.45) is 0. The van der Waals surface area contributed by atoms with E-state index in [1.807, 2.05) is 62.3 Å². The molecule has 0 heterocycles. The molecule has 5 heteroatoms. The molecule has 0 saturated heterocycles. The molecule has 0 aliphatic rings. The molecule has 0 rings (SSSR count). The average Bonchev–Trinajstić information content (AvgIpc) is 1.93. The second kappa shape index (κ2) is 5.59. The lowest BCUT2D eigenvalue weighted by Gasteiger charge is -2.40. The van der Waals surface area contributed by atoms with E-state index < -0.39 is 25.9 Å². The molecule has 0 fully saturated rings. The highest BCUT2D eigenvalue weighted by molar-refractivity contribution is 6.53. The van der Waals surface area contributed by atoms with Crippen LogP contribution >= 0.6 is 0 Å². The Labute approximate surface area is 113 Å². The van der Waals surface area contributed by atoms with Crippen LogP contribution in [-0.4, -0.2) is 33.0 Å². The van der Waals surface area contributed by atoms with Gasteiger partial charge in [0.15, 0.2) is 0 Å². The summed E-state index contributed by atoms with van der Waals surface area (Å²) < 4.78 is 23.5. The Kier molecular flexibility index (Phi) is 5.60. The molecule has 0 spiro atoms. The van der Waals surface area contributed by atoms with Crippen molar-refractivity contribution in [1.82, 2.24) is 0 Å². The fraction of sp³-hybridized carbons (Fsp3) is 1.00. The van der Waals surface area contributed by atoms with Crippen LogP contribution in [0.3, 0.4) is 0 Å². The lowest BCUT2D eigenvalue weighted by atomic mass is 10.2. The van der Waals surface area contributed by atoms with Gasteiger partial charge < -0.3 is 17.7 Å². The smallest absolute Gasteiger partial charge is 0.355 e. The SMILES string of the molecule is CO[Si](OC(C)(C)C)(OC(C)(C)C)OC(C)(C)C. The van der Waals surface area contributed by atoms with Gasteiger partial charge in [-0.3, -0.25) is 0 Å². The number of rotatable bonds is 4.